The fourth-order valence-corrected chi connectivity index (χ4v) is 3.32. The van der Waals surface area contributed by atoms with E-state index in [1.807, 2.05) is 37.3 Å². The molecule has 2 heterocycles. The Bertz CT molecular complexity index is 638. The lowest BCUT2D eigenvalue weighted by atomic mass is 9.96. The SMILES string of the molecule is Cc1noc(C(C)NCC2CCN(CC(O)c3ccccc3)CC2)n1. The van der Waals surface area contributed by atoms with Crippen LogP contribution >= 0.6 is 0 Å². The van der Waals surface area contributed by atoms with E-state index in [1.54, 1.807) is 0 Å². The predicted molar refractivity (Wildman–Crippen MR) is 96.0 cm³/mol. The average Bonchev–Trinajstić information content (AvgIpc) is 3.08. The van der Waals surface area contributed by atoms with Gasteiger partial charge in [-0.15, -0.1) is 0 Å². The monoisotopic (exact) mass is 344 g/mol. The Labute approximate surface area is 149 Å². The Morgan fingerprint density at radius 2 is 2.00 bits per heavy atom. The van der Waals surface area contributed by atoms with Crippen LogP contribution in [0.4, 0.5) is 0 Å². The van der Waals surface area contributed by atoms with Crippen LogP contribution in [0.5, 0.6) is 0 Å². The maximum atomic E-state index is 10.4. The van der Waals surface area contributed by atoms with Crippen LogP contribution in [-0.4, -0.2) is 46.3 Å². The number of benzene rings is 1. The van der Waals surface area contributed by atoms with E-state index >= 15 is 0 Å². The molecule has 2 atom stereocenters. The Hall–Kier alpha value is -1.76. The van der Waals surface area contributed by atoms with Gasteiger partial charge in [0.25, 0.3) is 0 Å². The fraction of sp³-hybridized carbons (Fsp3) is 0.579. The lowest BCUT2D eigenvalue weighted by molar-refractivity contribution is 0.0886. The molecule has 25 heavy (non-hydrogen) atoms. The van der Waals surface area contributed by atoms with Gasteiger partial charge in [-0.2, -0.15) is 4.98 Å². The molecule has 2 N–H and O–H groups in total. The molecule has 1 aromatic carbocycles. The third-order valence-electron chi connectivity index (χ3n) is 4.95. The molecule has 0 spiro atoms. The van der Waals surface area contributed by atoms with Crippen molar-refractivity contribution in [2.75, 3.05) is 26.2 Å². The lowest BCUT2D eigenvalue weighted by Gasteiger charge is -2.33. The highest BCUT2D eigenvalue weighted by molar-refractivity contribution is 5.17. The number of aliphatic hydroxyl groups is 1. The maximum absolute atomic E-state index is 10.4. The summed E-state index contributed by atoms with van der Waals surface area (Å²) in [6, 6.07) is 9.99. The van der Waals surface area contributed by atoms with Gasteiger partial charge in [0.05, 0.1) is 12.1 Å². The van der Waals surface area contributed by atoms with Crippen molar-refractivity contribution < 1.29 is 9.63 Å². The standard InChI is InChI=1S/C19H28N4O2/c1-14(19-21-15(2)22-25-19)20-12-16-8-10-23(11-9-16)13-18(24)17-6-4-3-5-7-17/h3-7,14,16,18,20,24H,8-13H2,1-2H3. The van der Waals surface area contributed by atoms with Crippen LogP contribution in [0.25, 0.3) is 0 Å². The third kappa shape index (κ3) is 5.11. The van der Waals surface area contributed by atoms with Gasteiger partial charge in [-0.05, 0) is 57.8 Å². The Morgan fingerprint density at radius 3 is 2.64 bits per heavy atom. The zero-order valence-electron chi connectivity index (χ0n) is 15.1. The maximum Gasteiger partial charge on any atom is 0.243 e. The van der Waals surface area contributed by atoms with Crippen LogP contribution in [0, 0.1) is 12.8 Å². The van der Waals surface area contributed by atoms with Gasteiger partial charge in [0.1, 0.15) is 0 Å². The van der Waals surface area contributed by atoms with Crippen LogP contribution in [0.2, 0.25) is 0 Å². The zero-order chi connectivity index (χ0) is 17.6. The molecule has 1 aliphatic rings. The molecule has 0 bridgehead atoms. The quantitative estimate of drug-likeness (QED) is 0.804. The van der Waals surface area contributed by atoms with Gasteiger partial charge in [0, 0.05) is 6.54 Å². The van der Waals surface area contributed by atoms with Gasteiger partial charge >= 0.3 is 0 Å². The minimum absolute atomic E-state index is 0.0825. The van der Waals surface area contributed by atoms with Gasteiger partial charge in [0.2, 0.25) is 5.89 Å². The first-order valence-corrected chi connectivity index (χ1v) is 9.11. The fourth-order valence-electron chi connectivity index (χ4n) is 3.32. The molecule has 0 amide bonds. The number of aromatic nitrogens is 2. The molecule has 0 saturated carbocycles. The number of β-amino-alcohol motifs (C(OH)–C–C–N with tert-alkyl or cyclic N) is 1. The number of aryl methyl sites for hydroxylation is 1. The van der Waals surface area contributed by atoms with E-state index in [1.165, 1.54) is 0 Å². The topological polar surface area (TPSA) is 74.4 Å². The Morgan fingerprint density at radius 1 is 1.28 bits per heavy atom. The molecule has 3 rings (SSSR count). The van der Waals surface area contributed by atoms with Crippen LogP contribution < -0.4 is 5.32 Å². The number of nitrogens with one attached hydrogen (secondary N) is 1. The highest BCUT2D eigenvalue weighted by Crippen LogP contribution is 2.21. The van der Waals surface area contributed by atoms with Crippen LogP contribution in [0.1, 0.15) is 49.2 Å². The molecule has 0 aliphatic carbocycles. The number of hydrogen-bond acceptors (Lipinski definition) is 6. The first-order valence-electron chi connectivity index (χ1n) is 9.11. The second-order valence-corrected chi connectivity index (χ2v) is 6.98. The second-order valence-electron chi connectivity index (χ2n) is 6.98. The summed E-state index contributed by atoms with van der Waals surface area (Å²) in [5, 5.41) is 17.7. The molecule has 6 heteroatoms. The van der Waals surface area contributed by atoms with Crippen molar-refractivity contribution in [2.45, 2.75) is 38.8 Å². The van der Waals surface area contributed by atoms with E-state index in [2.05, 4.69) is 27.3 Å². The van der Waals surface area contributed by atoms with Crippen molar-refractivity contribution in [1.82, 2.24) is 20.4 Å². The molecule has 1 saturated heterocycles. The van der Waals surface area contributed by atoms with Crippen LogP contribution in [0.15, 0.2) is 34.9 Å². The van der Waals surface area contributed by atoms with Gasteiger partial charge in [0.15, 0.2) is 5.82 Å². The lowest BCUT2D eigenvalue weighted by Crippen LogP contribution is -2.39. The summed E-state index contributed by atoms with van der Waals surface area (Å²) in [6.07, 6.45) is 1.88. The number of hydrogen-bond donors (Lipinski definition) is 2. The Kier molecular flexibility index (Phi) is 6.18. The number of aliphatic hydroxyl groups excluding tert-OH is 1. The highest BCUT2D eigenvalue weighted by atomic mass is 16.5. The van der Waals surface area contributed by atoms with E-state index in [0.717, 1.165) is 38.0 Å². The van der Waals surface area contributed by atoms with E-state index in [-0.39, 0.29) is 6.04 Å². The van der Waals surface area contributed by atoms with Gasteiger partial charge in [-0.1, -0.05) is 35.5 Å². The molecular weight excluding hydrogens is 316 g/mol. The first-order chi connectivity index (χ1) is 12.1. The summed E-state index contributed by atoms with van der Waals surface area (Å²) in [5.41, 5.74) is 0.995. The predicted octanol–water partition coefficient (Wildman–Crippen LogP) is 2.47. The van der Waals surface area contributed by atoms with Crippen molar-refractivity contribution in [2.24, 2.45) is 5.92 Å². The summed E-state index contributed by atoms with van der Waals surface area (Å²) in [5.74, 6) is 1.98. The molecule has 1 fully saturated rings. The zero-order valence-corrected chi connectivity index (χ0v) is 15.1. The molecule has 2 unspecified atom stereocenters. The number of nitrogens with zero attached hydrogens (tertiary/aromatic N) is 3. The summed E-state index contributed by atoms with van der Waals surface area (Å²) in [4.78, 5) is 6.63. The van der Waals surface area contributed by atoms with Crippen molar-refractivity contribution in [3.63, 3.8) is 0 Å². The highest BCUT2D eigenvalue weighted by Gasteiger charge is 2.22. The van der Waals surface area contributed by atoms with Crippen molar-refractivity contribution >= 4 is 0 Å². The minimum Gasteiger partial charge on any atom is -0.387 e. The van der Waals surface area contributed by atoms with Crippen LogP contribution in [-0.2, 0) is 0 Å². The molecule has 2 aromatic rings. The largest absolute Gasteiger partial charge is 0.387 e. The number of piperidine rings is 1. The summed E-state index contributed by atoms with van der Waals surface area (Å²) < 4.78 is 5.21. The number of likely N-dealkylation sites (tertiary alicyclic amines) is 1. The van der Waals surface area contributed by atoms with E-state index < -0.39 is 6.10 Å². The smallest absolute Gasteiger partial charge is 0.243 e. The minimum atomic E-state index is -0.406. The molecular formula is C19H28N4O2. The van der Waals surface area contributed by atoms with Gasteiger partial charge in [-0.25, -0.2) is 0 Å². The molecule has 136 valence electrons. The average molecular weight is 344 g/mol. The molecule has 6 nitrogen and oxygen atoms in total. The summed E-state index contributed by atoms with van der Waals surface area (Å²) in [6.45, 7) is 7.62. The third-order valence-corrected chi connectivity index (χ3v) is 4.95. The van der Waals surface area contributed by atoms with E-state index in [0.29, 0.717) is 24.2 Å². The van der Waals surface area contributed by atoms with Gasteiger partial charge in [-0.3, -0.25) is 0 Å². The summed E-state index contributed by atoms with van der Waals surface area (Å²) in [7, 11) is 0. The van der Waals surface area contributed by atoms with Crippen molar-refractivity contribution in [1.29, 1.82) is 0 Å². The second kappa shape index (κ2) is 8.56. The Balaban J connectivity index is 1.38. The number of rotatable bonds is 7. The summed E-state index contributed by atoms with van der Waals surface area (Å²) >= 11 is 0. The van der Waals surface area contributed by atoms with E-state index in [4.69, 9.17) is 4.52 Å². The van der Waals surface area contributed by atoms with E-state index in [9.17, 15) is 5.11 Å². The van der Waals surface area contributed by atoms with Crippen LogP contribution in [0.3, 0.4) is 0 Å². The normalized spacial score (nSPS) is 19.0. The van der Waals surface area contributed by atoms with Crippen molar-refractivity contribution in [3.05, 3.63) is 47.6 Å². The van der Waals surface area contributed by atoms with Gasteiger partial charge < -0.3 is 19.8 Å². The first kappa shape index (κ1) is 18.0. The molecule has 0 radical (unpaired) electrons. The molecule has 1 aromatic heterocycles. The molecule has 1 aliphatic heterocycles. The van der Waals surface area contributed by atoms with Crippen molar-refractivity contribution in [3.8, 4) is 0 Å².